The molecule has 0 aliphatic rings. The second kappa shape index (κ2) is 10.7. The lowest BCUT2D eigenvalue weighted by Gasteiger charge is -2.12. The largest absolute Gasteiger partial charge is 0.440 e. The molecule has 0 bridgehead atoms. The van der Waals surface area contributed by atoms with Crippen LogP contribution in [-0.2, 0) is 14.3 Å². The van der Waals surface area contributed by atoms with E-state index in [2.05, 4.69) is 4.99 Å². The Morgan fingerprint density at radius 3 is 2.34 bits per heavy atom. The van der Waals surface area contributed by atoms with Gasteiger partial charge in [0.15, 0.2) is 0 Å². The molecule has 7 heteroatoms. The minimum atomic E-state index is -0.690. The number of carbonyl (C=O) groups excluding carboxylic acids is 2. The van der Waals surface area contributed by atoms with Crippen molar-refractivity contribution in [3.63, 3.8) is 0 Å². The Kier molecular flexibility index (Phi) is 7.97. The van der Waals surface area contributed by atoms with Crippen LogP contribution in [0.2, 0.25) is 0 Å². The minimum absolute atomic E-state index is 0.122. The maximum Gasteiger partial charge on any atom is 0.344 e. The lowest BCUT2D eigenvalue weighted by molar-refractivity contribution is -0.137. The molecule has 2 rings (SSSR count). The van der Waals surface area contributed by atoms with Crippen molar-refractivity contribution in [2.24, 2.45) is 16.6 Å². The lowest BCUT2D eigenvalue weighted by Crippen LogP contribution is -2.18. The summed E-state index contributed by atoms with van der Waals surface area (Å²) in [4.78, 5) is 28.6. The number of aliphatic imine (C=N–C) groups is 1. The number of allylic oxidation sites excluding steroid dienone is 1. The van der Waals surface area contributed by atoms with Gasteiger partial charge in [-0.3, -0.25) is 4.79 Å². The highest BCUT2D eigenvalue weighted by atomic mass is 16.7. The van der Waals surface area contributed by atoms with Crippen molar-refractivity contribution < 1.29 is 23.8 Å². The molecule has 152 valence electrons. The van der Waals surface area contributed by atoms with Crippen molar-refractivity contribution in [2.75, 3.05) is 6.79 Å². The van der Waals surface area contributed by atoms with Gasteiger partial charge in [-0.25, -0.2) is 9.79 Å². The Balaban J connectivity index is 2.05. The molecule has 0 aromatic heterocycles. The highest BCUT2D eigenvalue weighted by Gasteiger charge is 2.18. The first kappa shape index (κ1) is 21.7. The van der Waals surface area contributed by atoms with Crippen LogP contribution < -0.4 is 10.5 Å². The zero-order valence-electron chi connectivity index (χ0n) is 16.6. The van der Waals surface area contributed by atoms with E-state index in [0.717, 1.165) is 0 Å². The van der Waals surface area contributed by atoms with Gasteiger partial charge in [0.05, 0.1) is 11.6 Å². The summed E-state index contributed by atoms with van der Waals surface area (Å²) >= 11 is 0. The standard InChI is InChI=1S/C22H24N2O5/c1-15(2)21(25)29-19-12-8-7-11-18(19)22(26)28-14-27-20(13-16(3)23)24-17-9-5-4-6-10-17/h4-13,15H,14,23H2,1-3H3. The van der Waals surface area contributed by atoms with Gasteiger partial charge in [0, 0.05) is 11.8 Å². The maximum absolute atomic E-state index is 12.4. The fourth-order valence-corrected chi connectivity index (χ4v) is 2.10. The molecule has 0 amide bonds. The molecule has 0 aliphatic heterocycles. The van der Waals surface area contributed by atoms with Crippen LogP contribution in [0.25, 0.3) is 0 Å². The van der Waals surface area contributed by atoms with E-state index >= 15 is 0 Å². The van der Waals surface area contributed by atoms with Gasteiger partial charge in [0.1, 0.15) is 11.3 Å². The second-order valence-corrected chi connectivity index (χ2v) is 6.44. The van der Waals surface area contributed by atoms with E-state index in [9.17, 15) is 9.59 Å². The highest BCUT2D eigenvalue weighted by molar-refractivity contribution is 5.94. The number of hydrogen-bond donors (Lipinski definition) is 1. The molecule has 0 unspecified atom stereocenters. The van der Waals surface area contributed by atoms with Gasteiger partial charge in [0.25, 0.3) is 0 Å². The van der Waals surface area contributed by atoms with E-state index in [-0.39, 0.29) is 29.9 Å². The number of ether oxygens (including phenoxy) is 3. The summed E-state index contributed by atoms with van der Waals surface area (Å²) in [6, 6.07) is 15.5. The second-order valence-electron chi connectivity index (χ2n) is 6.44. The van der Waals surface area contributed by atoms with Gasteiger partial charge in [-0.2, -0.15) is 0 Å². The Morgan fingerprint density at radius 1 is 1.03 bits per heavy atom. The molecule has 0 aliphatic carbocycles. The Bertz CT molecular complexity index is 900. The SMILES string of the molecule is CC(N)=CC(=Nc1ccccc1)OCOC(=O)c1ccccc1OC(=O)C(C)C. The Hall–Kier alpha value is -3.61. The van der Waals surface area contributed by atoms with Crippen molar-refractivity contribution in [2.45, 2.75) is 20.8 Å². The third-order valence-electron chi connectivity index (χ3n) is 3.53. The lowest BCUT2D eigenvalue weighted by atomic mass is 10.2. The zero-order valence-corrected chi connectivity index (χ0v) is 16.6. The minimum Gasteiger partial charge on any atom is -0.440 e. The molecule has 29 heavy (non-hydrogen) atoms. The quantitative estimate of drug-likeness (QED) is 0.250. The predicted molar refractivity (Wildman–Crippen MR) is 110 cm³/mol. The Morgan fingerprint density at radius 2 is 1.69 bits per heavy atom. The predicted octanol–water partition coefficient (Wildman–Crippen LogP) is 3.97. The number of para-hydroxylation sites is 2. The molecule has 0 radical (unpaired) electrons. The molecule has 7 nitrogen and oxygen atoms in total. The number of esters is 2. The summed E-state index contributed by atoms with van der Waals surface area (Å²) in [6.45, 7) is 4.71. The van der Waals surface area contributed by atoms with Crippen molar-refractivity contribution in [1.82, 2.24) is 0 Å². The maximum atomic E-state index is 12.4. The first-order chi connectivity index (χ1) is 13.9. The summed E-state index contributed by atoms with van der Waals surface area (Å²) < 4.78 is 15.9. The average Bonchev–Trinajstić information content (AvgIpc) is 2.68. The number of nitrogens with zero attached hydrogens (tertiary/aromatic N) is 1. The molecule has 2 N–H and O–H groups in total. The first-order valence-electron chi connectivity index (χ1n) is 9.05. The first-order valence-corrected chi connectivity index (χ1v) is 9.05. The summed E-state index contributed by atoms with van der Waals surface area (Å²) in [5, 5.41) is 0. The molecular formula is C22H24N2O5. The van der Waals surface area contributed by atoms with Crippen molar-refractivity contribution >= 4 is 23.5 Å². The summed E-state index contributed by atoms with van der Waals surface area (Å²) in [6.07, 6.45) is 1.53. The summed E-state index contributed by atoms with van der Waals surface area (Å²) in [7, 11) is 0. The molecule has 2 aromatic carbocycles. The van der Waals surface area contributed by atoms with Gasteiger partial charge in [0.2, 0.25) is 12.7 Å². The van der Waals surface area contributed by atoms with E-state index in [0.29, 0.717) is 11.4 Å². The van der Waals surface area contributed by atoms with Crippen molar-refractivity contribution in [3.05, 3.63) is 71.9 Å². The average molecular weight is 396 g/mol. The highest BCUT2D eigenvalue weighted by Crippen LogP contribution is 2.20. The van der Waals surface area contributed by atoms with Crippen LogP contribution in [0, 0.1) is 5.92 Å². The third kappa shape index (κ3) is 7.14. The fraction of sp³-hybridized carbons (Fsp3) is 0.227. The number of carbonyl (C=O) groups is 2. The van der Waals surface area contributed by atoms with Crippen LogP contribution in [-0.4, -0.2) is 24.6 Å². The van der Waals surface area contributed by atoms with Crippen LogP contribution in [0.1, 0.15) is 31.1 Å². The van der Waals surface area contributed by atoms with Crippen LogP contribution >= 0.6 is 0 Å². The number of rotatable bonds is 7. The van der Waals surface area contributed by atoms with Crippen molar-refractivity contribution in [3.8, 4) is 5.75 Å². The van der Waals surface area contributed by atoms with E-state index in [1.807, 2.05) is 18.2 Å². The third-order valence-corrected chi connectivity index (χ3v) is 3.53. The van der Waals surface area contributed by atoms with E-state index < -0.39 is 11.9 Å². The van der Waals surface area contributed by atoms with E-state index in [1.54, 1.807) is 45.0 Å². The molecule has 0 saturated heterocycles. The van der Waals surface area contributed by atoms with E-state index in [1.165, 1.54) is 18.2 Å². The number of benzene rings is 2. The van der Waals surface area contributed by atoms with Crippen LogP contribution in [0.5, 0.6) is 5.75 Å². The zero-order chi connectivity index (χ0) is 21.2. The molecule has 0 atom stereocenters. The van der Waals surface area contributed by atoms with Gasteiger partial charge in [-0.1, -0.05) is 44.2 Å². The summed E-state index contributed by atoms with van der Waals surface area (Å²) in [5.41, 5.74) is 6.97. The fourth-order valence-electron chi connectivity index (χ4n) is 2.10. The van der Waals surface area contributed by atoms with Crippen LogP contribution in [0.15, 0.2) is 71.4 Å². The van der Waals surface area contributed by atoms with E-state index in [4.69, 9.17) is 19.9 Å². The van der Waals surface area contributed by atoms with Gasteiger partial charge >= 0.3 is 11.9 Å². The molecule has 0 spiro atoms. The molecular weight excluding hydrogens is 372 g/mol. The van der Waals surface area contributed by atoms with Crippen LogP contribution in [0.4, 0.5) is 5.69 Å². The molecule has 0 saturated carbocycles. The normalized spacial score (nSPS) is 11.9. The Labute approximate surface area is 169 Å². The van der Waals surface area contributed by atoms with Crippen molar-refractivity contribution in [1.29, 1.82) is 0 Å². The van der Waals surface area contributed by atoms with Gasteiger partial charge < -0.3 is 19.9 Å². The number of hydrogen-bond acceptors (Lipinski definition) is 7. The smallest absolute Gasteiger partial charge is 0.344 e. The van der Waals surface area contributed by atoms with Crippen LogP contribution in [0.3, 0.4) is 0 Å². The molecule has 0 fully saturated rings. The van der Waals surface area contributed by atoms with Gasteiger partial charge in [-0.05, 0) is 31.2 Å². The topological polar surface area (TPSA) is 100 Å². The molecule has 0 heterocycles. The number of nitrogens with two attached hydrogens (primary N) is 1. The van der Waals surface area contributed by atoms with Gasteiger partial charge in [-0.15, -0.1) is 0 Å². The molecule has 2 aromatic rings. The summed E-state index contributed by atoms with van der Waals surface area (Å²) in [5.74, 6) is -1.13. The monoisotopic (exact) mass is 396 g/mol.